The normalized spacial score (nSPS) is 12.5. The van der Waals surface area contributed by atoms with Crippen molar-refractivity contribution in [3.8, 4) is 89.0 Å². The van der Waals surface area contributed by atoms with Gasteiger partial charge >= 0.3 is 0 Å². The number of fused-ring (bicyclic) bond motifs is 21. The molecular weight excluding hydrogens is 1590 g/mol. The van der Waals surface area contributed by atoms with Gasteiger partial charge in [0.1, 0.15) is 22.3 Å². The highest BCUT2D eigenvalue weighted by Gasteiger charge is 2.26. The minimum absolute atomic E-state index is 0.0619. The minimum Gasteiger partial charge on any atom is -0.456 e. The lowest BCUT2D eigenvalue weighted by molar-refractivity contribution is 0.668. The SMILES string of the molecule is [2H]c1c([2H])c([2H])c2c(-c3c4ccccc4c(-c4ccc(-c5cccc6oc7ccccc7c56)c5c4ccc4ccccc45)c4ccccc34)c([2H])c([2H])c([2H])c2c1[2H].c1ccc(-c2c3ccccc3c(-c3ccc4c(c3)oc3ccccc34)c3ccccc23)cc1.c1ccc2cc(-c3c4ccccc4c(-c4ccc5c(-c6cccc7ccccc67)cc6ccccc6c5c4)c4ccccc34)ccc2c1. The highest BCUT2D eigenvalue weighted by atomic mass is 16.3. The van der Waals surface area contributed by atoms with Crippen molar-refractivity contribution in [3.05, 3.63) is 485 Å². The molecule has 0 atom stereocenters. The molecular formula is C130H80O2. The maximum absolute atomic E-state index is 9.33. The monoisotopic (exact) mass is 1680 g/mol. The number of hydrogen-bond acceptors (Lipinski definition) is 2. The van der Waals surface area contributed by atoms with Gasteiger partial charge in [-0.3, -0.25) is 0 Å². The fraction of sp³-hybridized carbons (Fsp3) is 0. The Labute approximate surface area is 771 Å². The van der Waals surface area contributed by atoms with Crippen LogP contribution in [0, 0.1) is 0 Å². The van der Waals surface area contributed by atoms with E-state index in [4.69, 9.17) is 17.1 Å². The molecule has 0 aliphatic carbocycles. The minimum atomic E-state index is -0.473. The van der Waals surface area contributed by atoms with Crippen LogP contribution in [0.15, 0.2) is 494 Å². The fourth-order valence-corrected chi connectivity index (χ4v) is 21.5. The van der Waals surface area contributed by atoms with Crippen LogP contribution in [0.5, 0.6) is 0 Å². The number of hydrogen-bond donors (Lipinski definition) is 0. The molecule has 28 rings (SSSR count). The van der Waals surface area contributed by atoms with E-state index >= 15 is 0 Å². The molecule has 28 aromatic rings. The molecule has 0 amide bonds. The molecule has 0 bridgehead atoms. The van der Waals surface area contributed by atoms with E-state index in [9.17, 15) is 1.37 Å². The Morgan fingerprint density at radius 3 is 1.15 bits per heavy atom. The lowest BCUT2D eigenvalue weighted by Crippen LogP contribution is -1.93. The molecule has 0 unspecified atom stereocenters. The molecule has 132 heavy (non-hydrogen) atoms. The molecule has 0 N–H and O–H groups in total. The van der Waals surface area contributed by atoms with Crippen LogP contribution in [0.4, 0.5) is 0 Å². The lowest BCUT2D eigenvalue weighted by atomic mass is 9.82. The maximum Gasteiger partial charge on any atom is 0.136 e. The summed E-state index contributed by atoms with van der Waals surface area (Å²) in [6, 6.07) is 155. The van der Waals surface area contributed by atoms with Gasteiger partial charge in [-0.25, -0.2) is 0 Å². The zero-order valence-corrected chi connectivity index (χ0v) is 71.5. The quantitative estimate of drug-likeness (QED) is 0.112. The Morgan fingerprint density at radius 2 is 0.523 bits per heavy atom. The van der Waals surface area contributed by atoms with Crippen molar-refractivity contribution >= 4 is 184 Å². The molecule has 26 aromatic carbocycles. The third kappa shape index (κ3) is 12.4. The Kier molecular flexibility index (Phi) is 16.4. The first-order valence-electron chi connectivity index (χ1n) is 48.5. The summed E-state index contributed by atoms with van der Waals surface area (Å²) in [7, 11) is 0. The van der Waals surface area contributed by atoms with Crippen LogP contribution in [-0.4, -0.2) is 0 Å². The average Bonchev–Trinajstić information content (AvgIpc) is 1.46. The van der Waals surface area contributed by atoms with Crippen molar-refractivity contribution in [1.29, 1.82) is 0 Å². The van der Waals surface area contributed by atoms with Crippen LogP contribution in [-0.2, 0) is 0 Å². The predicted octanol–water partition coefficient (Wildman–Crippen LogP) is 37.2. The molecule has 0 saturated heterocycles. The highest BCUT2D eigenvalue weighted by molar-refractivity contribution is 6.31. The van der Waals surface area contributed by atoms with Gasteiger partial charge in [0.05, 0.1) is 9.60 Å². The van der Waals surface area contributed by atoms with Gasteiger partial charge in [-0.2, -0.15) is 0 Å². The molecule has 0 saturated carbocycles. The second-order valence-corrected chi connectivity index (χ2v) is 34.3. The molecule has 2 nitrogen and oxygen atoms in total. The van der Waals surface area contributed by atoms with Gasteiger partial charge in [0, 0.05) is 21.5 Å². The topological polar surface area (TPSA) is 26.3 Å². The summed E-state index contributed by atoms with van der Waals surface area (Å²) in [5, 5.41) is 32.4. The lowest BCUT2D eigenvalue weighted by Gasteiger charge is -2.21. The van der Waals surface area contributed by atoms with Crippen LogP contribution in [0.25, 0.3) is 273 Å². The van der Waals surface area contributed by atoms with E-state index in [1.807, 2.05) is 78.9 Å². The van der Waals surface area contributed by atoms with Gasteiger partial charge < -0.3 is 8.83 Å². The van der Waals surface area contributed by atoms with Gasteiger partial charge in [-0.05, 0) is 278 Å². The Morgan fingerprint density at radius 1 is 0.136 bits per heavy atom. The van der Waals surface area contributed by atoms with Gasteiger partial charge in [0.25, 0.3) is 0 Å². The molecule has 0 radical (unpaired) electrons. The van der Waals surface area contributed by atoms with E-state index in [1.165, 1.54) is 142 Å². The zero-order valence-electron chi connectivity index (χ0n) is 78.5. The number of furan rings is 2. The molecule has 0 fully saturated rings. The average molecular weight is 1680 g/mol. The summed E-state index contributed by atoms with van der Waals surface area (Å²) in [6.07, 6.45) is 0. The van der Waals surface area contributed by atoms with E-state index in [1.54, 1.807) is 0 Å². The summed E-state index contributed by atoms with van der Waals surface area (Å²) in [4.78, 5) is 0. The fourth-order valence-electron chi connectivity index (χ4n) is 21.5. The van der Waals surface area contributed by atoms with E-state index < -0.39 is 18.1 Å². The zero-order chi connectivity index (χ0) is 92.9. The molecule has 0 spiro atoms. The van der Waals surface area contributed by atoms with E-state index in [-0.39, 0.29) is 40.5 Å². The van der Waals surface area contributed by atoms with Crippen molar-refractivity contribution in [2.75, 3.05) is 0 Å². The van der Waals surface area contributed by atoms with Crippen LogP contribution < -0.4 is 0 Å². The number of para-hydroxylation sites is 2. The third-order valence-electron chi connectivity index (χ3n) is 27.2. The Bertz CT molecular complexity index is 9910. The Balaban J connectivity index is 0.000000111. The standard InChI is InChI=1S/C50H30O.C48H30.C32H20O/c1-3-16-33-31(13-1)15-11-23-35(33)48-36-18-5-7-20-38(36)49(39-21-8-6-19-37(39)48)43-30-29-42(47-34-17-4-2-14-32(34)27-28-41(43)47)40-24-12-26-46-50(40)44-22-9-10-25-45(44)51-46;1-2-14-33-28-35(25-24-31(33)12-1)47-41-19-7-9-21-43(41)48(44-22-10-8-20-42(44)47)36-26-27-40-45(30-36)38-18-6-4-15-34(38)29-46(40)39-23-11-16-32-13-3-5-17-37(32)39;1-2-10-21(11-3-1)31-25-13-4-6-15-27(25)32(28-16-7-5-14-26(28)31)22-18-19-24-23-12-8-9-17-29(23)33-30(24)20-22/h1-30H;1-30H;1-20H/i1D,3D,11D,13D,15D,16D,23D;;. The summed E-state index contributed by atoms with van der Waals surface area (Å²) >= 11 is 0. The second kappa shape index (κ2) is 31.3. The van der Waals surface area contributed by atoms with Crippen LogP contribution in [0.3, 0.4) is 0 Å². The third-order valence-corrected chi connectivity index (χ3v) is 27.2. The second-order valence-electron chi connectivity index (χ2n) is 34.3. The smallest absolute Gasteiger partial charge is 0.136 e. The Hall–Kier alpha value is -17.3. The van der Waals surface area contributed by atoms with Gasteiger partial charge in [-0.1, -0.05) is 437 Å². The number of rotatable bonds is 8. The largest absolute Gasteiger partial charge is 0.456 e. The predicted molar refractivity (Wildman–Crippen MR) is 565 cm³/mol. The van der Waals surface area contributed by atoms with Crippen LogP contribution in [0.1, 0.15) is 9.60 Å². The number of benzene rings is 26. The molecule has 2 aromatic heterocycles. The van der Waals surface area contributed by atoms with E-state index in [0.29, 0.717) is 5.56 Å². The molecule has 0 aliphatic rings. The van der Waals surface area contributed by atoms with E-state index in [2.05, 4.69) is 364 Å². The van der Waals surface area contributed by atoms with Crippen molar-refractivity contribution in [1.82, 2.24) is 0 Å². The summed E-state index contributed by atoms with van der Waals surface area (Å²) in [5.41, 5.74) is 21.0. The summed E-state index contributed by atoms with van der Waals surface area (Å²) in [6.45, 7) is 0. The van der Waals surface area contributed by atoms with Crippen molar-refractivity contribution < 1.29 is 18.4 Å². The molecule has 612 valence electrons. The van der Waals surface area contributed by atoms with Crippen molar-refractivity contribution in [2.24, 2.45) is 0 Å². The first-order chi connectivity index (χ1) is 68.4. The summed E-state index contributed by atoms with van der Waals surface area (Å²) in [5.74, 6) is 0. The molecule has 2 heteroatoms. The van der Waals surface area contributed by atoms with Crippen LogP contribution >= 0.6 is 0 Å². The van der Waals surface area contributed by atoms with Gasteiger partial charge in [-0.15, -0.1) is 0 Å². The molecule has 2 heterocycles. The van der Waals surface area contributed by atoms with E-state index in [0.717, 1.165) is 109 Å². The van der Waals surface area contributed by atoms with Crippen molar-refractivity contribution in [3.63, 3.8) is 0 Å². The molecule has 0 aliphatic heterocycles. The highest BCUT2D eigenvalue weighted by Crippen LogP contribution is 2.53. The first kappa shape index (κ1) is 68.9. The maximum atomic E-state index is 9.33. The summed E-state index contributed by atoms with van der Waals surface area (Å²) < 4.78 is 74.5. The van der Waals surface area contributed by atoms with Crippen molar-refractivity contribution in [2.45, 2.75) is 0 Å². The van der Waals surface area contributed by atoms with Crippen LogP contribution in [0.2, 0.25) is 0 Å². The van der Waals surface area contributed by atoms with Gasteiger partial charge in [0.15, 0.2) is 0 Å². The van der Waals surface area contributed by atoms with Gasteiger partial charge in [0.2, 0.25) is 0 Å². The first-order valence-corrected chi connectivity index (χ1v) is 45.0.